The molecule has 0 fully saturated rings. The number of methoxy groups -OCH3 is 1. The fourth-order valence-corrected chi connectivity index (χ4v) is 1.52. The van der Waals surface area contributed by atoms with Crippen molar-refractivity contribution in [3.05, 3.63) is 29.6 Å². The summed E-state index contributed by atoms with van der Waals surface area (Å²) in [5.41, 5.74) is 1.59. The van der Waals surface area contributed by atoms with Crippen molar-refractivity contribution in [1.29, 1.82) is 0 Å². The molecule has 0 amide bonds. The molecule has 92 valence electrons. The number of hydrogen-bond acceptors (Lipinski definition) is 4. The van der Waals surface area contributed by atoms with Crippen molar-refractivity contribution in [3.63, 3.8) is 0 Å². The van der Waals surface area contributed by atoms with Gasteiger partial charge in [0.05, 0.1) is 20.0 Å². The van der Waals surface area contributed by atoms with Crippen molar-refractivity contribution in [3.8, 4) is 0 Å². The molecular formula is C12H15NO4. The molecule has 0 aromatic carbocycles. The average molecular weight is 237 g/mol. The molecule has 0 radical (unpaired) electrons. The summed E-state index contributed by atoms with van der Waals surface area (Å²) in [5, 5.41) is 8.81. The van der Waals surface area contributed by atoms with E-state index in [4.69, 9.17) is 5.11 Å². The Morgan fingerprint density at radius 3 is 2.59 bits per heavy atom. The minimum atomic E-state index is -0.945. The summed E-state index contributed by atoms with van der Waals surface area (Å²) in [5.74, 6) is -1.76. The summed E-state index contributed by atoms with van der Waals surface area (Å²) >= 11 is 0. The molecule has 0 saturated heterocycles. The predicted octanol–water partition coefficient (Wildman–Crippen LogP) is 1.51. The lowest BCUT2D eigenvalue weighted by Gasteiger charge is -2.13. The number of aryl methyl sites for hydroxylation is 1. The van der Waals surface area contributed by atoms with Gasteiger partial charge in [-0.3, -0.25) is 14.6 Å². The number of rotatable bonds is 5. The molecule has 1 aromatic heterocycles. The van der Waals surface area contributed by atoms with Gasteiger partial charge in [0.15, 0.2) is 0 Å². The summed E-state index contributed by atoms with van der Waals surface area (Å²) in [6.45, 7) is 1.84. The minimum Gasteiger partial charge on any atom is -0.481 e. The van der Waals surface area contributed by atoms with E-state index in [0.717, 1.165) is 11.3 Å². The van der Waals surface area contributed by atoms with E-state index in [0.29, 0.717) is 0 Å². The number of ether oxygens (including phenoxy) is 1. The maximum atomic E-state index is 11.2. The number of carbonyl (C=O) groups excluding carboxylic acids is 1. The third kappa shape index (κ3) is 4.22. The lowest BCUT2D eigenvalue weighted by atomic mass is 9.94. The van der Waals surface area contributed by atoms with Gasteiger partial charge in [0, 0.05) is 17.8 Å². The highest BCUT2D eigenvalue weighted by molar-refractivity contribution is 5.73. The molecule has 0 aliphatic carbocycles. The van der Waals surface area contributed by atoms with Crippen LogP contribution in [0.15, 0.2) is 18.3 Å². The first-order valence-corrected chi connectivity index (χ1v) is 5.24. The van der Waals surface area contributed by atoms with E-state index in [1.807, 2.05) is 6.92 Å². The molecule has 1 rings (SSSR count). The van der Waals surface area contributed by atoms with Crippen molar-refractivity contribution in [2.24, 2.45) is 0 Å². The van der Waals surface area contributed by atoms with Crippen molar-refractivity contribution < 1.29 is 19.4 Å². The van der Waals surface area contributed by atoms with Gasteiger partial charge in [-0.05, 0) is 18.6 Å². The number of carboxylic acids is 1. The Morgan fingerprint density at radius 2 is 2.12 bits per heavy atom. The molecule has 1 aromatic rings. The van der Waals surface area contributed by atoms with Crippen molar-refractivity contribution in [2.75, 3.05) is 7.11 Å². The van der Waals surface area contributed by atoms with Gasteiger partial charge in [-0.25, -0.2) is 0 Å². The zero-order valence-electron chi connectivity index (χ0n) is 9.84. The van der Waals surface area contributed by atoms with Crippen molar-refractivity contribution in [1.82, 2.24) is 4.98 Å². The number of aromatic nitrogens is 1. The summed E-state index contributed by atoms with van der Waals surface area (Å²) in [6.07, 6.45) is 1.54. The van der Waals surface area contributed by atoms with Crippen LogP contribution in [0.4, 0.5) is 0 Å². The molecule has 0 spiro atoms. The number of carbonyl (C=O) groups is 2. The van der Waals surface area contributed by atoms with E-state index in [1.54, 1.807) is 18.3 Å². The maximum absolute atomic E-state index is 11.2. The van der Waals surface area contributed by atoms with E-state index in [9.17, 15) is 9.59 Å². The maximum Gasteiger partial charge on any atom is 0.306 e. The lowest BCUT2D eigenvalue weighted by molar-refractivity contribution is -0.141. The van der Waals surface area contributed by atoms with E-state index < -0.39 is 17.9 Å². The van der Waals surface area contributed by atoms with Gasteiger partial charge in [-0.1, -0.05) is 6.07 Å². The number of pyridine rings is 1. The standard InChI is InChI=1S/C12H15NO4/c1-8-3-4-9(7-13-8)10(5-11(14)15)6-12(16)17-2/h3-4,7,10H,5-6H2,1-2H3,(H,14,15). The summed E-state index contributed by atoms with van der Waals surface area (Å²) < 4.78 is 4.56. The normalized spacial score (nSPS) is 11.9. The topological polar surface area (TPSA) is 76.5 Å². The fraction of sp³-hybridized carbons (Fsp3) is 0.417. The Bertz CT molecular complexity index is 399. The second kappa shape index (κ2) is 5.98. The van der Waals surface area contributed by atoms with E-state index >= 15 is 0 Å². The SMILES string of the molecule is COC(=O)CC(CC(=O)O)c1ccc(C)nc1. The minimum absolute atomic E-state index is 0.0491. The monoisotopic (exact) mass is 237 g/mol. The van der Waals surface area contributed by atoms with Gasteiger partial charge in [0.25, 0.3) is 0 Å². The molecule has 1 unspecified atom stereocenters. The Labute approximate surface area is 99.4 Å². The highest BCUT2D eigenvalue weighted by Crippen LogP contribution is 2.23. The van der Waals surface area contributed by atoms with Gasteiger partial charge in [-0.2, -0.15) is 0 Å². The summed E-state index contributed by atoms with van der Waals surface area (Å²) in [6, 6.07) is 3.58. The second-order valence-corrected chi connectivity index (χ2v) is 3.81. The Kier molecular flexibility index (Phi) is 4.63. The van der Waals surface area contributed by atoms with Crippen LogP contribution in [0, 0.1) is 6.92 Å². The molecule has 0 aliphatic heterocycles. The highest BCUT2D eigenvalue weighted by Gasteiger charge is 2.19. The second-order valence-electron chi connectivity index (χ2n) is 3.81. The zero-order chi connectivity index (χ0) is 12.8. The van der Waals surface area contributed by atoms with E-state index in [-0.39, 0.29) is 12.8 Å². The van der Waals surface area contributed by atoms with Crippen LogP contribution in [0.2, 0.25) is 0 Å². The predicted molar refractivity (Wildman–Crippen MR) is 60.6 cm³/mol. The molecular weight excluding hydrogens is 222 g/mol. The highest BCUT2D eigenvalue weighted by atomic mass is 16.5. The number of hydrogen-bond donors (Lipinski definition) is 1. The Morgan fingerprint density at radius 1 is 1.41 bits per heavy atom. The molecule has 0 saturated carbocycles. The number of nitrogens with zero attached hydrogens (tertiary/aromatic N) is 1. The quantitative estimate of drug-likeness (QED) is 0.785. The first-order valence-electron chi connectivity index (χ1n) is 5.24. The Balaban J connectivity index is 2.85. The van der Waals surface area contributed by atoms with Gasteiger partial charge in [0.1, 0.15) is 0 Å². The lowest BCUT2D eigenvalue weighted by Crippen LogP contribution is -2.13. The largest absolute Gasteiger partial charge is 0.481 e. The molecule has 0 aliphatic rings. The summed E-state index contributed by atoms with van der Waals surface area (Å²) in [7, 11) is 1.29. The van der Waals surface area contributed by atoms with Gasteiger partial charge >= 0.3 is 11.9 Å². The molecule has 5 heteroatoms. The third-order valence-electron chi connectivity index (χ3n) is 2.47. The zero-order valence-corrected chi connectivity index (χ0v) is 9.84. The van der Waals surface area contributed by atoms with E-state index in [1.165, 1.54) is 7.11 Å². The third-order valence-corrected chi connectivity index (χ3v) is 2.47. The molecule has 1 heterocycles. The average Bonchev–Trinajstić information content (AvgIpc) is 2.28. The molecule has 0 bridgehead atoms. The Hall–Kier alpha value is -1.91. The van der Waals surface area contributed by atoms with Crippen LogP contribution in [0.5, 0.6) is 0 Å². The van der Waals surface area contributed by atoms with Crippen LogP contribution < -0.4 is 0 Å². The van der Waals surface area contributed by atoms with Gasteiger partial charge in [0.2, 0.25) is 0 Å². The van der Waals surface area contributed by atoms with Crippen LogP contribution in [0.25, 0.3) is 0 Å². The van der Waals surface area contributed by atoms with Crippen molar-refractivity contribution >= 4 is 11.9 Å². The van der Waals surface area contributed by atoms with Crippen molar-refractivity contribution in [2.45, 2.75) is 25.7 Å². The van der Waals surface area contributed by atoms with Crippen LogP contribution in [0.3, 0.4) is 0 Å². The number of esters is 1. The van der Waals surface area contributed by atoms with Crippen LogP contribution in [0.1, 0.15) is 30.0 Å². The van der Waals surface area contributed by atoms with Crippen LogP contribution in [-0.2, 0) is 14.3 Å². The van der Waals surface area contributed by atoms with Crippen LogP contribution >= 0.6 is 0 Å². The summed E-state index contributed by atoms with van der Waals surface area (Å²) in [4.78, 5) is 26.1. The molecule has 5 nitrogen and oxygen atoms in total. The smallest absolute Gasteiger partial charge is 0.306 e. The first kappa shape index (κ1) is 13.2. The fourth-order valence-electron chi connectivity index (χ4n) is 1.52. The van der Waals surface area contributed by atoms with Gasteiger partial charge in [-0.15, -0.1) is 0 Å². The number of aliphatic carboxylic acids is 1. The van der Waals surface area contributed by atoms with Crippen LogP contribution in [-0.4, -0.2) is 29.1 Å². The molecule has 1 atom stereocenters. The number of carboxylic acid groups (broad SMARTS) is 1. The molecule has 17 heavy (non-hydrogen) atoms. The first-order chi connectivity index (χ1) is 8.02. The van der Waals surface area contributed by atoms with Gasteiger partial charge < -0.3 is 9.84 Å². The van der Waals surface area contributed by atoms with E-state index in [2.05, 4.69) is 9.72 Å². The molecule has 1 N–H and O–H groups in total.